The van der Waals surface area contributed by atoms with Crippen molar-refractivity contribution in [2.24, 2.45) is 0 Å². The first kappa shape index (κ1) is 20.3. The summed E-state index contributed by atoms with van der Waals surface area (Å²) in [7, 11) is 0. The van der Waals surface area contributed by atoms with Crippen LogP contribution in [-0.4, -0.2) is 32.1 Å². The Bertz CT molecular complexity index is 1240. The van der Waals surface area contributed by atoms with E-state index in [1.807, 2.05) is 6.92 Å². The summed E-state index contributed by atoms with van der Waals surface area (Å²) in [6.45, 7) is 2.27. The van der Waals surface area contributed by atoms with Gasteiger partial charge >= 0.3 is 6.18 Å². The van der Waals surface area contributed by atoms with E-state index in [9.17, 15) is 18.0 Å². The number of carbonyl (C=O) groups excluding carboxylic acids is 1. The highest BCUT2D eigenvalue weighted by atomic mass is 19.4. The van der Waals surface area contributed by atoms with Gasteiger partial charge in [0.2, 0.25) is 5.88 Å². The van der Waals surface area contributed by atoms with Gasteiger partial charge in [0.25, 0.3) is 5.91 Å². The molecule has 4 aromatic rings. The minimum atomic E-state index is -4.65. The molecule has 1 amide bonds. The average molecular weight is 427 g/mol. The number of fused-ring (bicyclic) bond motifs is 1. The molecular formula is C21H16F3N5O2. The Balaban J connectivity index is 1.73. The van der Waals surface area contributed by atoms with Crippen LogP contribution < -0.4 is 10.1 Å². The molecule has 0 bridgehead atoms. The number of nitrogens with one attached hydrogen (secondary N) is 1. The van der Waals surface area contributed by atoms with Crippen molar-refractivity contribution in [1.82, 2.24) is 19.6 Å². The van der Waals surface area contributed by atoms with Crippen LogP contribution in [0.3, 0.4) is 0 Å². The molecule has 31 heavy (non-hydrogen) atoms. The second kappa shape index (κ2) is 8.05. The highest BCUT2D eigenvalue weighted by Crippen LogP contribution is 2.37. The summed E-state index contributed by atoms with van der Waals surface area (Å²) in [5, 5.41) is 6.59. The molecule has 0 atom stereocenters. The van der Waals surface area contributed by atoms with E-state index in [1.54, 1.807) is 18.3 Å². The van der Waals surface area contributed by atoms with Gasteiger partial charge in [-0.15, -0.1) is 5.10 Å². The number of rotatable bonds is 5. The molecule has 0 fully saturated rings. The first-order chi connectivity index (χ1) is 14.8. The van der Waals surface area contributed by atoms with E-state index in [4.69, 9.17) is 4.74 Å². The topological polar surface area (TPSA) is 81.4 Å². The Morgan fingerprint density at radius 1 is 1.19 bits per heavy atom. The average Bonchev–Trinajstić information content (AvgIpc) is 3.17. The molecule has 3 heterocycles. The van der Waals surface area contributed by atoms with Gasteiger partial charge in [-0.2, -0.15) is 13.2 Å². The molecule has 7 nitrogen and oxygen atoms in total. The summed E-state index contributed by atoms with van der Waals surface area (Å²) >= 11 is 0. The van der Waals surface area contributed by atoms with E-state index in [0.717, 1.165) is 6.07 Å². The summed E-state index contributed by atoms with van der Waals surface area (Å²) in [4.78, 5) is 20.6. The number of nitrogens with zero attached hydrogens (tertiary/aromatic N) is 4. The lowest BCUT2D eigenvalue weighted by Gasteiger charge is -2.15. The number of imidazole rings is 1. The monoisotopic (exact) mass is 427 g/mol. The van der Waals surface area contributed by atoms with Crippen molar-refractivity contribution in [2.75, 3.05) is 11.9 Å². The maximum absolute atomic E-state index is 13.5. The number of aromatic nitrogens is 4. The third-order valence-corrected chi connectivity index (χ3v) is 4.38. The van der Waals surface area contributed by atoms with Crippen LogP contribution in [0.1, 0.15) is 22.8 Å². The molecule has 0 unspecified atom stereocenters. The molecule has 4 rings (SSSR count). The molecule has 0 aliphatic rings. The Morgan fingerprint density at radius 2 is 2.03 bits per heavy atom. The molecule has 0 saturated carbocycles. The van der Waals surface area contributed by atoms with E-state index < -0.39 is 17.6 Å². The predicted octanol–water partition coefficient (Wildman–Crippen LogP) is 4.46. The Morgan fingerprint density at radius 3 is 2.74 bits per heavy atom. The molecule has 10 heteroatoms. The molecule has 0 aliphatic carbocycles. The van der Waals surface area contributed by atoms with Crippen LogP contribution in [0.2, 0.25) is 0 Å². The third kappa shape index (κ3) is 4.32. The number of alkyl halides is 3. The minimum absolute atomic E-state index is 0.140. The molecule has 158 valence electrons. The molecule has 0 radical (unpaired) electrons. The van der Waals surface area contributed by atoms with Crippen LogP contribution in [0.5, 0.6) is 5.88 Å². The lowest BCUT2D eigenvalue weighted by atomic mass is 10.1. The van der Waals surface area contributed by atoms with Gasteiger partial charge in [0.15, 0.2) is 5.65 Å². The van der Waals surface area contributed by atoms with Crippen molar-refractivity contribution in [3.05, 3.63) is 72.2 Å². The maximum Gasteiger partial charge on any atom is 0.418 e. The van der Waals surface area contributed by atoms with E-state index in [2.05, 4.69) is 20.4 Å². The molecular weight excluding hydrogens is 411 g/mol. The summed E-state index contributed by atoms with van der Waals surface area (Å²) in [5.41, 5.74) is 0.0817. The van der Waals surface area contributed by atoms with E-state index in [1.165, 1.54) is 41.2 Å². The summed E-state index contributed by atoms with van der Waals surface area (Å²) in [5.74, 6) is -0.301. The standard InChI is InChI=1S/C21H16F3N5O2/c1-2-31-19-8-7-18-26-17(12-29(18)28-19)13-5-6-15(21(22,23)24)16(10-13)27-20(30)14-4-3-9-25-11-14/h3-12H,2H2,1H3,(H,27,30). The zero-order valence-electron chi connectivity index (χ0n) is 16.2. The maximum atomic E-state index is 13.5. The number of hydrogen-bond acceptors (Lipinski definition) is 5. The van der Waals surface area contributed by atoms with Gasteiger partial charge < -0.3 is 10.1 Å². The van der Waals surface area contributed by atoms with Crippen molar-refractivity contribution in [2.45, 2.75) is 13.1 Å². The molecule has 0 aliphatic heterocycles. The number of pyridine rings is 1. The molecule has 0 spiro atoms. The Labute approximate surface area is 174 Å². The fourth-order valence-electron chi connectivity index (χ4n) is 2.97. The van der Waals surface area contributed by atoms with Gasteiger partial charge in [0.05, 0.1) is 35.3 Å². The second-order valence-corrected chi connectivity index (χ2v) is 6.49. The number of carbonyl (C=O) groups is 1. The first-order valence-electron chi connectivity index (χ1n) is 9.27. The zero-order chi connectivity index (χ0) is 22.0. The van der Waals surface area contributed by atoms with Crippen LogP contribution in [-0.2, 0) is 6.18 Å². The molecule has 3 aromatic heterocycles. The zero-order valence-corrected chi connectivity index (χ0v) is 16.2. The van der Waals surface area contributed by atoms with E-state index >= 15 is 0 Å². The van der Waals surface area contributed by atoms with Crippen LogP contribution in [0.4, 0.5) is 18.9 Å². The predicted molar refractivity (Wildman–Crippen MR) is 107 cm³/mol. The van der Waals surface area contributed by atoms with E-state index in [0.29, 0.717) is 29.4 Å². The van der Waals surface area contributed by atoms with Gasteiger partial charge in [-0.05, 0) is 37.3 Å². The third-order valence-electron chi connectivity index (χ3n) is 4.38. The SMILES string of the molecule is CCOc1ccc2nc(-c3ccc(C(F)(F)F)c(NC(=O)c4cccnc4)c3)cn2n1. The lowest BCUT2D eigenvalue weighted by molar-refractivity contribution is -0.136. The van der Waals surface area contributed by atoms with Gasteiger partial charge in [0.1, 0.15) is 0 Å². The smallest absolute Gasteiger partial charge is 0.418 e. The number of hydrogen-bond donors (Lipinski definition) is 1. The number of halogens is 3. The van der Waals surface area contributed by atoms with E-state index in [-0.39, 0.29) is 11.3 Å². The van der Waals surface area contributed by atoms with Gasteiger partial charge in [-0.3, -0.25) is 9.78 Å². The van der Waals surface area contributed by atoms with Crippen molar-refractivity contribution in [1.29, 1.82) is 0 Å². The highest BCUT2D eigenvalue weighted by Gasteiger charge is 2.34. The summed E-state index contributed by atoms with van der Waals surface area (Å²) < 4.78 is 47.4. The number of amides is 1. The highest BCUT2D eigenvalue weighted by molar-refractivity contribution is 6.04. The summed E-state index contributed by atoms with van der Waals surface area (Å²) in [6, 6.07) is 9.78. The van der Waals surface area contributed by atoms with Crippen molar-refractivity contribution < 1.29 is 22.7 Å². The molecule has 1 N–H and O–H groups in total. The van der Waals surface area contributed by atoms with Crippen molar-refractivity contribution in [3.63, 3.8) is 0 Å². The quantitative estimate of drug-likeness (QED) is 0.509. The first-order valence-corrected chi connectivity index (χ1v) is 9.27. The summed E-state index contributed by atoms with van der Waals surface area (Å²) in [6.07, 6.45) is -0.334. The van der Waals surface area contributed by atoms with Crippen LogP contribution >= 0.6 is 0 Å². The van der Waals surface area contributed by atoms with Crippen LogP contribution in [0.25, 0.3) is 16.9 Å². The molecule has 1 aromatic carbocycles. The van der Waals surface area contributed by atoms with Gasteiger partial charge in [0, 0.05) is 24.0 Å². The number of anilines is 1. The largest absolute Gasteiger partial charge is 0.477 e. The fourth-order valence-corrected chi connectivity index (χ4v) is 2.97. The normalized spacial score (nSPS) is 11.5. The number of benzene rings is 1. The van der Waals surface area contributed by atoms with Crippen LogP contribution in [0, 0.1) is 0 Å². The Kier molecular flexibility index (Phi) is 5.28. The van der Waals surface area contributed by atoms with Gasteiger partial charge in [-0.25, -0.2) is 9.50 Å². The fraction of sp³-hybridized carbons (Fsp3) is 0.143. The Hall–Kier alpha value is -3.95. The minimum Gasteiger partial charge on any atom is -0.477 e. The van der Waals surface area contributed by atoms with Crippen molar-refractivity contribution >= 4 is 17.2 Å². The molecule has 0 saturated heterocycles. The number of ether oxygens (including phenoxy) is 1. The van der Waals surface area contributed by atoms with Crippen molar-refractivity contribution in [3.8, 4) is 17.1 Å². The van der Waals surface area contributed by atoms with Crippen LogP contribution in [0.15, 0.2) is 61.1 Å². The second-order valence-electron chi connectivity index (χ2n) is 6.49. The lowest BCUT2D eigenvalue weighted by Crippen LogP contribution is -2.17. The van der Waals surface area contributed by atoms with Gasteiger partial charge in [-0.1, -0.05) is 6.07 Å².